The van der Waals surface area contributed by atoms with Crippen LogP contribution in [0.3, 0.4) is 0 Å². The Balaban J connectivity index is 0.00000387. The van der Waals surface area contributed by atoms with Gasteiger partial charge in [0.1, 0.15) is 6.61 Å². The third kappa shape index (κ3) is 6.22. The minimum absolute atomic E-state index is 0. The summed E-state index contributed by atoms with van der Waals surface area (Å²) < 4.78 is 45.2. The van der Waals surface area contributed by atoms with E-state index in [1.807, 2.05) is 0 Å². The van der Waals surface area contributed by atoms with E-state index in [1.165, 1.54) is 18.5 Å². The average Bonchev–Trinajstić information content (AvgIpc) is 3.49. The number of benzene rings is 2. The molecule has 9 nitrogen and oxygen atoms in total. The molecule has 1 atom stereocenters. The van der Waals surface area contributed by atoms with Gasteiger partial charge in [-0.3, -0.25) is 9.59 Å². The van der Waals surface area contributed by atoms with E-state index in [2.05, 4.69) is 15.3 Å². The number of amides is 1. The fourth-order valence-corrected chi connectivity index (χ4v) is 4.53. The predicted octanol–water partition coefficient (Wildman–Crippen LogP) is 5.16. The Morgan fingerprint density at radius 1 is 1.15 bits per heavy atom. The number of anilines is 1. The second-order valence-corrected chi connectivity index (χ2v) is 9.28. The number of aromatic nitrogens is 3. The van der Waals surface area contributed by atoms with Gasteiger partial charge >= 0.3 is 6.18 Å². The topological polar surface area (TPSA) is 102 Å². The molecule has 13 heteroatoms. The molecule has 0 radical (unpaired) electrons. The van der Waals surface area contributed by atoms with Gasteiger partial charge in [-0.2, -0.15) is 13.2 Å². The standard InChI is InChI=1S/C28H26F3N5O4.ClH/c1-3-40-36-26(38)22-15-35(25(37)20-6-4-19(5-7-20)24-14-32-16-39-24)13-12-23(22)34-27(36)33-17(2)18-8-10-21(11-9-18)28(29,30)31;/h4-11,14,16-17H,3,12-13,15H2,1-2H3,(H,33,34);1H/t17-;/m0./s1. The molecule has 0 fully saturated rings. The van der Waals surface area contributed by atoms with Crippen LogP contribution in [-0.2, 0) is 19.1 Å². The van der Waals surface area contributed by atoms with Crippen LogP contribution in [0.4, 0.5) is 19.1 Å². The Labute approximate surface area is 239 Å². The first kappa shape index (κ1) is 29.7. The highest BCUT2D eigenvalue weighted by atomic mass is 35.5. The van der Waals surface area contributed by atoms with Gasteiger partial charge in [0.25, 0.3) is 11.5 Å². The SMILES string of the molecule is CCOn1c(N[C@@H](C)c2ccc(C(F)(F)F)cc2)nc2c(c1=O)CN(C(=O)c1ccc(-c3cnco3)cc1)CC2.Cl. The maximum atomic E-state index is 13.5. The van der Waals surface area contributed by atoms with Crippen LogP contribution in [0.5, 0.6) is 0 Å². The second kappa shape index (κ2) is 12.0. The average molecular weight is 590 g/mol. The molecule has 5 rings (SSSR count). The van der Waals surface area contributed by atoms with Crippen molar-refractivity contribution in [1.29, 1.82) is 0 Å². The highest BCUT2D eigenvalue weighted by Crippen LogP contribution is 2.30. The summed E-state index contributed by atoms with van der Waals surface area (Å²) in [5, 5.41) is 3.09. The van der Waals surface area contributed by atoms with Crippen molar-refractivity contribution in [3.8, 4) is 11.3 Å². The first-order valence-corrected chi connectivity index (χ1v) is 12.7. The lowest BCUT2D eigenvalue weighted by molar-refractivity contribution is -0.137. The summed E-state index contributed by atoms with van der Waals surface area (Å²) in [4.78, 5) is 42.4. The third-order valence-corrected chi connectivity index (χ3v) is 6.67. The molecular formula is C28H27ClF3N5O4. The Kier molecular flexibility index (Phi) is 8.72. The van der Waals surface area contributed by atoms with Crippen LogP contribution in [0.15, 0.2) is 70.3 Å². The first-order chi connectivity index (χ1) is 19.2. The monoisotopic (exact) mass is 589 g/mol. The van der Waals surface area contributed by atoms with E-state index in [0.29, 0.717) is 41.1 Å². The Hall–Kier alpha value is -4.32. The van der Waals surface area contributed by atoms with Gasteiger partial charge < -0.3 is 19.5 Å². The largest absolute Gasteiger partial charge is 0.444 e. The molecule has 0 bridgehead atoms. The van der Waals surface area contributed by atoms with E-state index in [9.17, 15) is 22.8 Å². The summed E-state index contributed by atoms with van der Waals surface area (Å²) in [5.74, 6) is 0.501. The maximum Gasteiger partial charge on any atom is 0.416 e. The van der Waals surface area contributed by atoms with E-state index in [-0.39, 0.29) is 37.4 Å². The van der Waals surface area contributed by atoms with Crippen LogP contribution in [0.2, 0.25) is 0 Å². The zero-order chi connectivity index (χ0) is 28.4. The van der Waals surface area contributed by atoms with Crippen LogP contribution in [0.1, 0.15) is 52.6 Å². The minimum Gasteiger partial charge on any atom is -0.444 e. The van der Waals surface area contributed by atoms with Crippen molar-refractivity contribution < 1.29 is 27.2 Å². The summed E-state index contributed by atoms with van der Waals surface area (Å²) in [7, 11) is 0. The molecule has 3 heterocycles. The molecule has 216 valence electrons. The van der Waals surface area contributed by atoms with Crippen LogP contribution >= 0.6 is 12.4 Å². The molecule has 0 spiro atoms. The van der Waals surface area contributed by atoms with Gasteiger partial charge in [0.2, 0.25) is 5.95 Å². The van der Waals surface area contributed by atoms with E-state index < -0.39 is 23.3 Å². The fraction of sp³-hybridized carbons (Fsp3) is 0.286. The van der Waals surface area contributed by atoms with Crippen LogP contribution in [0, 0.1) is 0 Å². The number of hydrogen-bond acceptors (Lipinski definition) is 7. The Bertz CT molecular complexity index is 1560. The lowest BCUT2D eigenvalue weighted by Crippen LogP contribution is -2.43. The van der Waals surface area contributed by atoms with E-state index >= 15 is 0 Å². The number of carbonyl (C=O) groups is 1. The number of hydrogen-bond donors (Lipinski definition) is 1. The van der Waals surface area contributed by atoms with Crippen molar-refractivity contribution in [2.45, 2.75) is 39.0 Å². The van der Waals surface area contributed by atoms with Crippen molar-refractivity contribution in [3.05, 3.63) is 99.4 Å². The lowest BCUT2D eigenvalue weighted by Gasteiger charge is -2.29. The molecule has 1 amide bonds. The molecular weight excluding hydrogens is 563 g/mol. The Morgan fingerprint density at radius 2 is 1.85 bits per heavy atom. The summed E-state index contributed by atoms with van der Waals surface area (Å²) >= 11 is 0. The van der Waals surface area contributed by atoms with Gasteiger partial charge in [-0.1, -0.05) is 24.3 Å². The lowest BCUT2D eigenvalue weighted by atomic mass is 10.0. The molecule has 0 aliphatic carbocycles. The number of carbonyl (C=O) groups excluding carboxylic acids is 1. The van der Waals surface area contributed by atoms with Crippen molar-refractivity contribution >= 4 is 24.3 Å². The van der Waals surface area contributed by atoms with Gasteiger partial charge in [-0.15, -0.1) is 17.1 Å². The molecule has 0 saturated carbocycles. The number of nitrogens with zero attached hydrogens (tertiary/aromatic N) is 4. The molecule has 1 N–H and O–H groups in total. The molecule has 0 unspecified atom stereocenters. The number of fused-ring (bicyclic) bond motifs is 1. The van der Waals surface area contributed by atoms with Gasteiger partial charge in [0.05, 0.1) is 35.6 Å². The minimum atomic E-state index is -4.43. The summed E-state index contributed by atoms with van der Waals surface area (Å²) in [6.07, 6.45) is -1.16. The molecule has 0 saturated heterocycles. The van der Waals surface area contributed by atoms with Crippen LogP contribution < -0.4 is 15.7 Å². The van der Waals surface area contributed by atoms with Gasteiger partial charge in [-0.25, -0.2) is 9.97 Å². The normalized spacial score (nSPS) is 13.6. The van der Waals surface area contributed by atoms with Gasteiger partial charge in [0.15, 0.2) is 12.2 Å². The summed E-state index contributed by atoms with van der Waals surface area (Å²) in [6, 6.07) is 11.2. The highest BCUT2D eigenvalue weighted by molar-refractivity contribution is 5.94. The van der Waals surface area contributed by atoms with Crippen molar-refractivity contribution in [1.82, 2.24) is 19.6 Å². The van der Waals surface area contributed by atoms with E-state index in [4.69, 9.17) is 9.25 Å². The van der Waals surface area contributed by atoms with Crippen LogP contribution in [0.25, 0.3) is 11.3 Å². The summed E-state index contributed by atoms with van der Waals surface area (Å²) in [5.41, 5.74) is 1.51. The highest BCUT2D eigenvalue weighted by Gasteiger charge is 2.31. The Morgan fingerprint density at radius 3 is 2.46 bits per heavy atom. The molecule has 4 aromatic rings. The van der Waals surface area contributed by atoms with Gasteiger partial charge in [-0.05, 0) is 43.7 Å². The molecule has 2 aromatic carbocycles. The van der Waals surface area contributed by atoms with Crippen molar-refractivity contribution in [2.75, 3.05) is 18.5 Å². The number of halogens is 4. The zero-order valence-corrected chi connectivity index (χ0v) is 23.0. The molecule has 41 heavy (non-hydrogen) atoms. The van der Waals surface area contributed by atoms with Crippen molar-refractivity contribution in [2.24, 2.45) is 0 Å². The quantitative estimate of drug-likeness (QED) is 0.318. The zero-order valence-electron chi connectivity index (χ0n) is 22.1. The fourth-order valence-electron chi connectivity index (χ4n) is 4.53. The van der Waals surface area contributed by atoms with Crippen LogP contribution in [-0.4, -0.2) is 38.7 Å². The number of nitrogens with one attached hydrogen (secondary N) is 1. The number of alkyl halides is 3. The molecule has 1 aliphatic rings. The smallest absolute Gasteiger partial charge is 0.416 e. The second-order valence-electron chi connectivity index (χ2n) is 9.28. The van der Waals surface area contributed by atoms with E-state index in [1.54, 1.807) is 49.2 Å². The number of oxazole rings is 1. The predicted molar refractivity (Wildman–Crippen MR) is 147 cm³/mol. The molecule has 2 aromatic heterocycles. The maximum absolute atomic E-state index is 13.5. The third-order valence-electron chi connectivity index (χ3n) is 6.67. The number of rotatable bonds is 7. The van der Waals surface area contributed by atoms with E-state index in [0.717, 1.165) is 22.4 Å². The van der Waals surface area contributed by atoms with Gasteiger partial charge in [0, 0.05) is 24.1 Å². The molecule has 1 aliphatic heterocycles. The van der Waals surface area contributed by atoms with Crippen molar-refractivity contribution in [3.63, 3.8) is 0 Å². The first-order valence-electron chi connectivity index (χ1n) is 12.7. The summed E-state index contributed by atoms with van der Waals surface area (Å²) in [6.45, 7) is 4.05.